The van der Waals surface area contributed by atoms with Crippen molar-refractivity contribution in [3.05, 3.63) is 66.4 Å². The number of thiocarbonyl (C=S) groups is 1. The third-order valence-electron chi connectivity index (χ3n) is 4.26. The number of rotatable bonds is 4. The molecule has 0 saturated carbocycles. The normalized spacial score (nSPS) is 17.0. The quantitative estimate of drug-likeness (QED) is 0.299. The maximum Gasteiger partial charge on any atom is 0.307 e. The summed E-state index contributed by atoms with van der Waals surface area (Å²) in [7, 11) is 0. The number of furan rings is 1. The van der Waals surface area contributed by atoms with E-state index in [1.165, 1.54) is 4.90 Å². The molecular weight excluding hydrogens is 392 g/mol. The van der Waals surface area contributed by atoms with Crippen LogP contribution in [0.15, 0.2) is 70.2 Å². The summed E-state index contributed by atoms with van der Waals surface area (Å²) >= 11 is 5.11. The number of hydrogen-bond acceptors (Lipinski definition) is 6. The minimum Gasteiger partial charge on any atom is -0.451 e. The highest BCUT2D eigenvalue weighted by Gasteiger charge is 2.38. The maximum atomic E-state index is 12.8. The highest BCUT2D eigenvalue weighted by atomic mass is 32.1. The Morgan fingerprint density at radius 3 is 2.62 bits per heavy atom. The number of benzene rings is 2. The van der Waals surface area contributed by atoms with Crippen LogP contribution in [0.4, 0.5) is 5.69 Å². The molecule has 8 nitrogen and oxygen atoms in total. The van der Waals surface area contributed by atoms with Crippen LogP contribution in [0.5, 0.6) is 0 Å². The van der Waals surface area contributed by atoms with Crippen molar-refractivity contribution >= 4 is 57.9 Å². The zero-order chi connectivity index (χ0) is 20.4. The number of carbonyl (C=O) groups is 3. The van der Waals surface area contributed by atoms with Crippen molar-refractivity contribution in [3.8, 4) is 0 Å². The Morgan fingerprint density at radius 1 is 1.14 bits per heavy atom. The lowest BCUT2D eigenvalue weighted by atomic mass is 10.1. The van der Waals surface area contributed by atoms with Crippen LogP contribution in [-0.4, -0.2) is 29.0 Å². The molecule has 2 N–H and O–H groups in total. The van der Waals surface area contributed by atoms with Crippen LogP contribution in [0, 0.1) is 5.92 Å². The van der Waals surface area contributed by atoms with Gasteiger partial charge in [-0.1, -0.05) is 36.4 Å². The summed E-state index contributed by atoms with van der Waals surface area (Å²) in [6, 6.07) is 17.4. The lowest BCUT2D eigenvalue weighted by Crippen LogP contribution is -2.58. The predicted molar refractivity (Wildman–Crippen MR) is 110 cm³/mol. The van der Waals surface area contributed by atoms with Crippen molar-refractivity contribution in [1.29, 1.82) is 0 Å². The average molecular weight is 406 g/mol. The van der Waals surface area contributed by atoms with E-state index in [-0.39, 0.29) is 10.9 Å². The van der Waals surface area contributed by atoms with Gasteiger partial charge in [-0.3, -0.25) is 19.3 Å². The zero-order valence-corrected chi connectivity index (χ0v) is 15.7. The summed E-state index contributed by atoms with van der Waals surface area (Å²) in [6.45, 7) is 0. The van der Waals surface area contributed by atoms with Gasteiger partial charge in [0.05, 0.1) is 5.69 Å². The summed E-state index contributed by atoms with van der Waals surface area (Å²) in [4.78, 5) is 38.4. The molecule has 4 rings (SSSR count). The summed E-state index contributed by atoms with van der Waals surface area (Å²) in [5.74, 6) is -2.95. The van der Waals surface area contributed by atoms with E-state index in [9.17, 15) is 14.4 Å². The smallest absolute Gasteiger partial charge is 0.307 e. The number of nitrogens with zero attached hydrogens (tertiary/aromatic N) is 2. The molecule has 1 saturated heterocycles. The molecule has 3 amide bonds. The molecule has 1 aromatic heterocycles. The van der Waals surface area contributed by atoms with Gasteiger partial charge >= 0.3 is 5.91 Å². The number of para-hydroxylation sites is 2. The fourth-order valence-electron chi connectivity index (χ4n) is 2.86. The van der Waals surface area contributed by atoms with Gasteiger partial charge in [0.1, 0.15) is 5.58 Å². The van der Waals surface area contributed by atoms with Crippen molar-refractivity contribution in [2.24, 2.45) is 11.0 Å². The molecule has 29 heavy (non-hydrogen) atoms. The van der Waals surface area contributed by atoms with Gasteiger partial charge in [0.25, 0.3) is 5.91 Å². The van der Waals surface area contributed by atoms with Crippen LogP contribution >= 0.6 is 12.2 Å². The van der Waals surface area contributed by atoms with Crippen LogP contribution in [0.3, 0.4) is 0 Å². The van der Waals surface area contributed by atoms with Gasteiger partial charge in [-0.2, -0.15) is 5.10 Å². The summed E-state index contributed by atoms with van der Waals surface area (Å²) in [6.07, 6.45) is 1.07. The fourth-order valence-corrected chi connectivity index (χ4v) is 3.16. The predicted octanol–water partition coefficient (Wildman–Crippen LogP) is 2.21. The first-order valence-electron chi connectivity index (χ1n) is 8.60. The zero-order valence-electron chi connectivity index (χ0n) is 14.9. The number of amides is 3. The molecule has 2 heterocycles. The largest absolute Gasteiger partial charge is 0.451 e. The third-order valence-corrected chi connectivity index (χ3v) is 4.54. The second-order valence-electron chi connectivity index (χ2n) is 6.15. The van der Waals surface area contributed by atoms with E-state index in [0.717, 1.165) is 11.6 Å². The first kappa shape index (κ1) is 18.5. The van der Waals surface area contributed by atoms with Crippen LogP contribution in [0.2, 0.25) is 0 Å². The van der Waals surface area contributed by atoms with Crippen molar-refractivity contribution in [1.82, 2.24) is 10.7 Å². The monoisotopic (exact) mass is 406 g/mol. The topological polar surface area (TPSA) is 104 Å². The minimum absolute atomic E-state index is 0.0119. The molecule has 0 unspecified atom stereocenters. The molecule has 3 aromatic rings. The van der Waals surface area contributed by atoms with E-state index in [4.69, 9.17) is 16.6 Å². The van der Waals surface area contributed by atoms with Crippen LogP contribution in [-0.2, 0) is 9.59 Å². The molecule has 1 fully saturated rings. The lowest BCUT2D eigenvalue weighted by molar-refractivity contribution is -0.130. The first-order valence-corrected chi connectivity index (χ1v) is 9.01. The molecule has 2 aromatic carbocycles. The molecule has 9 heteroatoms. The van der Waals surface area contributed by atoms with Crippen molar-refractivity contribution in [3.63, 3.8) is 0 Å². The molecule has 0 spiro atoms. The molecule has 1 atom stereocenters. The molecule has 0 bridgehead atoms. The van der Waals surface area contributed by atoms with E-state index in [0.29, 0.717) is 11.3 Å². The second-order valence-corrected chi connectivity index (χ2v) is 6.54. The average Bonchev–Trinajstić information content (AvgIpc) is 3.15. The molecular formula is C20H14N4O4S. The Balaban J connectivity index is 1.49. The van der Waals surface area contributed by atoms with Gasteiger partial charge in [-0.15, -0.1) is 0 Å². The van der Waals surface area contributed by atoms with E-state index in [1.807, 2.05) is 12.1 Å². The van der Waals surface area contributed by atoms with Gasteiger partial charge < -0.3 is 9.73 Å². The molecule has 0 radical (unpaired) electrons. The van der Waals surface area contributed by atoms with Crippen LogP contribution < -0.4 is 15.6 Å². The van der Waals surface area contributed by atoms with E-state index in [2.05, 4.69) is 15.8 Å². The SMILES string of the molecule is O=C(N/N=C/[C@@H]1C(=O)NC(=S)N(c2ccccc2)C1=O)c1cc2ccccc2o1. The standard InChI is InChI=1S/C20H14N4O4S/c25-17-14(19(27)24(20(29)22-17)13-7-2-1-3-8-13)11-21-23-18(26)16-10-12-6-4-5-9-15(12)28-16/h1-11,14H,(H,23,26)(H,22,25,29)/b21-11+/t14-/m1/s1. The summed E-state index contributed by atoms with van der Waals surface area (Å²) in [5.41, 5.74) is 3.35. The Labute approximate surface area is 170 Å². The Morgan fingerprint density at radius 2 is 1.86 bits per heavy atom. The van der Waals surface area contributed by atoms with Gasteiger partial charge in [0.2, 0.25) is 5.91 Å². The first-order chi connectivity index (χ1) is 14.0. The molecule has 144 valence electrons. The van der Waals surface area contributed by atoms with E-state index >= 15 is 0 Å². The molecule has 0 aliphatic carbocycles. The number of anilines is 1. The number of nitrogens with one attached hydrogen (secondary N) is 2. The number of fused-ring (bicyclic) bond motifs is 1. The number of hydrogen-bond donors (Lipinski definition) is 2. The highest BCUT2D eigenvalue weighted by molar-refractivity contribution is 7.80. The van der Waals surface area contributed by atoms with Crippen LogP contribution in [0.25, 0.3) is 11.0 Å². The Bertz CT molecular complexity index is 1120. The maximum absolute atomic E-state index is 12.8. The Hall–Kier alpha value is -3.85. The van der Waals surface area contributed by atoms with Gasteiger partial charge in [-0.05, 0) is 36.5 Å². The van der Waals surface area contributed by atoms with Crippen molar-refractivity contribution in [2.45, 2.75) is 0 Å². The highest BCUT2D eigenvalue weighted by Crippen LogP contribution is 2.20. The van der Waals surface area contributed by atoms with E-state index in [1.54, 1.807) is 48.5 Å². The van der Waals surface area contributed by atoms with Gasteiger partial charge in [0, 0.05) is 11.6 Å². The summed E-state index contributed by atoms with van der Waals surface area (Å²) in [5, 5.41) is 6.99. The Kier molecular flexibility index (Phi) is 4.88. The second kappa shape index (κ2) is 7.64. The van der Waals surface area contributed by atoms with Crippen LogP contribution in [0.1, 0.15) is 10.6 Å². The van der Waals surface area contributed by atoms with Crippen molar-refractivity contribution < 1.29 is 18.8 Å². The van der Waals surface area contributed by atoms with E-state index < -0.39 is 23.6 Å². The summed E-state index contributed by atoms with van der Waals surface area (Å²) < 4.78 is 5.45. The molecule has 1 aliphatic rings. The van der Waals surface area contributed by atoms with Crippen molar-refractivity contribution in [2.75, 3.05) is 4.90 Å². The lowest BCUT2D eigenvalue weighted by Gasteiger charge is -2.30. The van der Waals surface area contributed by atoms with Gasteiger partial charge in [0.15, 0.2) is 16.8 Å². The number of hydrazone groups is 1. The third kappa shape index (κ3) is 3.63. The van der Waals surface area contributed by atoms with Gasteiger partial charge in [-0.25, -0.2) is 5.43 Å². The number of carbonyl (C=O) groups excluding carboxylic acids is 3. The molecule has 1 aliphatic heterocycles. The minimum atomic E-state index is -1.24. The fraction of sp³-hybridized carbons (Fsp3) is 0.0500.